The molecule has 0 aromatic carbocycles. The number of nitrogens with one attached hydrogen (secondary N) is 1. The number of hydrogen-bond acceptors (Lipinski definition) is 7. The lowest BCUT2D eigenvalue weighted by molar-refractivity contribution is 0.0790. The molecule has 0 saturated carbocycles. The van der Waals surface area contributed by atoms with Gasteiger partial charge in [0.05, 0.1) is 23.4 Å². The molecule has 29 heavy (non-hydrogen) atoms. The Bertz CT molecular complexity index is 859. The zero-order chi connectivity index (χ0) is 20.8. The van der Waals surface area contributed by atoms with Gasteiger partial charge in [-0.05, 0) is 18.6 Å². The lowest BCUT2D eigenvalue weighted by atomic mass is 9.99. The van der Waals surface area contributed by atoms with Crippen LogP contribution in [-0.2, 0) is 4.74 Å². The third-order valence-electron chi connectivity index (χ3n) is 4.81. The predicted octanol–water partition coefficient (Wildman–Crippen LogP) is 0.944. The van der Waals surface area contributed by atoms with Crippen LogP contribution in [0.5, 0.6) is 0 Å². The molecule has 3 rings (SSSR count). The first-order valence-corrected chi connectivity index (χ1v) is 9.52. The molecule has 1 fully saturated rings. The first-order valence-electron chi connectivity index (χ1n) is 9.52. The predicted molar refractivity (Wildman–Crippen MR) is 108 cm³/mol. The zero-order valence-electron chi connectivity index (χ0n) is 17.0. The fourth-order valence-electron chi connectivity index (χ4n) is 3.29. The minimum Gasteiger partial charge on any atom is -0.383 e. The first kappa shape index (κ1) is 20.7. The van der Waals surface area contributed by atoms with Crippen LogP contribution >= 0.6 is 0 Å². The second-order valence-electron chi connectivity index (χ2n) is 7.09. The minimum absolute atomic E-state index is 0.0412. The smallest absolute Gasteiger partial charge is 0.255 e. The lowest BCUT2D eigenvalue weighted by Gasteiger charge is -2.19. The molecule has 3 heterocycles. The molecule has 154 valence electrons. The van der Waals surface area contributed by atoms with Crippen LogP contribution in [0.15, 0.2) is 30.7 Å². The second-order valence-corrected chi connectivity index (χ2v) is 7.09. The van der Waals surface area contributed by atoms with Gasteiger partial charge in [-0.15, -0.1) is 0 Å². The summed E-state index contributed by atoms with van der Waals surface area (Å²) in [6.07, 6.45) is 5.50. The van der Waals surface area contributed by atoms with Crippen molar-refractivity contribution < 1.29 is 14.3 Å². The molecule has 1 atom stereocenters. The molecular weight excluding hydrogens is 372 g/mol. The number of hydrogen-bond donors (Lipinski definition) is 1. The summed E-state index contributed by atoms with van der Waals surface area (Å²) in [7, 11) is 5.29. The van der Waals surface area contributed by atoms with E-state index in [1.54, 1.807) is 47.6 Å². The standard InChI is InChI=1S/C20H26N6O3/c1-25(2)20-23-12-16(18(27)22-8-10-29-3)17(24-20)15-6-9-26(13-15)19(28)14-5-4-7-21-11-14/h4-5,7,11-12,15H,6,8-10,13H2,1-3H3,(H,22,27). The number of pyridine rings is 1. The zero-order valence-corrected chi connectivity index (χ0v) is 17.0. The van der Waals surface area contributed by atoms with Crippen LogP contribution in [0.25, 0.3) is 0 Å². The topological polar surface area (TPSA) is 101 Å². The Morgan fingerprint density at radius 1 is 1.34 bits per heavy atom. The molecule has 9 heteroatoms. The van der Waals surface area contributed by atoms with Crippen molar-refractivity contribution in [1.29, 1.82) is 0 Å². The number of methoxy groups -OCH3 is 1. The third kappa shape index (κ3) is 4.86. The number of carbonyl (C=O) groups is 2. The van der Waals surface area contributed by atoms with Gasteiger partial charge in [-0.1, -0.05) is 0 Å². The van der Waals surface area contributed by atoms with Gasteiger partial charge >= 0.3 is 0 Å². The summed E-state index contributed by atoms with van der Waals surface area (Å²) in [6.45, 7) is 1.93. The number of likely N-dealkylation sites (tertiary alicyclic amines) is 1. The highest BCUT2D eigenvalue weighted by molar-refractivity contribution is 5.96. The number of ether oxygens (including phenoxy) is 1. The Labute approximate surface area is 170 Å². The molecule has 0 bridgehead atoms. The number of rotatable bonds is 7. The lowest BCUT2D eigenvalue weighted by Crippen LogP contribution is -2.31. The van der Waals surface area contributed by atoms with Crippen LogP contribution in [-0.4, -0.2) is 79.1 Å². The van der Waals surface area contributed by atoms with Crippen molar-refractivity contribution in [3.8, 4) is 0 Å². The van der Waals surface area contributed by atoms with E-state index >= 15 is 0 Å². The van der Waals surface area contributed by atoms with Crippen molar-refractivity contribution in [2.45, 2.75) is 12.3 Å². The summed E-state index contributed by atoms with van der Waals surface area (Å²) in [5.41, 5.74) is 1.66. The highest BCUT2D eigenvalue weighted by Gasteiger charge is 2.32. The molecule has 2 amide bonds. The van der Waals surface area contributed by atoms with Gasteiger partial charge in [0.2, 0.25) is 5.95 Å². The highest BCUT2D eigenvalue weighted by Crippen LogP contribution is 2.30. The van der Waals surface area contributed by atoms with Crippen molar-refractivity contribution in [2.75, 3.05) is 52.3 Å². The van der Waals surface area contributed by atoms with E-state index < -0.39 is 0 Å². The van der Waals surface area contributed by atoms with E-state index in [1.165, 1.54) is 0 Å². The molecule has 0 spiro atoms. The summed E-state index contributed by atoms with van der Waals surface area (Å²) in [5.74, 6) is 0.193. The van der Waals surface area contributed by atoms with Gasteiger partial charge in [0.25, 0.3) is 11.8 Å². The molecule has 1 aliphatic heterocycles. The summed E-state index contributed by atoms with van der Waals surface area (Å²) in [4.78, 5) is 41.9. The van der Waals surface area contributed by atoms with Crippen LogP contribution in [0, 0.1) is 0 Å². The number of anilines is 1. The molecule has 2 aromatic rings. The van der Waals surface area contributed by atoms with E-state index in [0.29, 0.717) is 49.0 Å². The minimum atomic E-state index is -0.237. The Hall–Kier alpha value is -3.07. The second kappa shape index (κ2) is 9.42. The van der Waals surface area contributed by atoms with Gasteiger partial charge in [-0.3, -0.25) is 14.6 Å². The molecule has 2 aromatic heterocycles. The maximum absolute atomic E-state index is 12.7. The molecular formula is C20H26N6O3. The maximum atomic E-state index is 12.7. The number of carbonyl (C=O) groups excluding carboxylic acids is 2. The van der Waals surface area contributed by atoms with Crippen molar-refractivity contribution in [3.05, 3.63) is 47.5 Å². The van der Waals surface area contributed by atoms with Crippen LogP contribution in [0.2, 0.25) is 0 Å². The van der Waals surface area contributed by atoms with E-state index in [1.807, 2.05) is 14.1 Å². The Kier molecular flexibility index (Phi) is 6.71. The average molecular weight is 398 g/mol. The third-order valence-corrected chi connectivity index (χ3v) is 4.81. The number of nitrogens with zero attached hydrogens (tertiary/aromatic N) is 5. The molecule has 1 saturated heterocycles. The summed E-state index contributed by atoms with van der Waals surface area (Å²) >= 11 is 0. The highest BCUT2D eigenvalue weighted by atomic mass is 16.5. The van der Waals surface area contributed by atoms with E-state index in [0.717, 1.165) is 6.42 Å². The maximum Gasteiger partial charge on any atom is 0.255 e. The van der Waals surface area contributed by atoms with Crippen LogP contribution in [0.3, 0.4) is 0 Å². The molecule has 0 aliphatic carbocycles. The Balaban J connectivity index is 1.81. The monoisotopic (exact) mass is 398 g/mol. The molecule has 1 unspecified atom stereocenters. The number of amides is 2. The molecule has 9 nitrogen and oxygen atoms in total. The number of aromatic nitrogens is 3. The SMILES string of the molecule is COCCNC(=O)c1cnc(N(C)C)nc1C1CCN(C(=O)c2cccnc2)C1. The van der Waals surface area contributed by atoms with Crippen molar-refractivity contribution >= 4 is 17.8 Å². The quantitative estimate of drug-likeness (QED) is 0.693. The average Bonchev–Trinajstić information content (AvgIpc) is 3.23. The van der Waals surface area contributed by atoms with E-state index in [2.05, 4.69) is 20.3 Å². The van der Waals surface area contributed by atoms with E-state index in [-0.39, 0.29) is 17.7 Å². The van der Waals surface area contributed by atoms with Crippen molar-refractivity contribution in [2.24, 2.45) is 0 Å². The fourth-order valence-corrected chi connectivity index (χ4v) is 3.29. The van der Waals surface area contributed by atoms with Gasteiger partial charge in [-0.25, -0.2) is 9.97 Å². The van der Waals surface area contributed by atoms with Gasteiger partial charge in [0.1, 0.15) is 0 Å². The van der Waals surface area contributed by atoms with E-state index in [4.69, 9.17) is 4.74 Å². The normalized spacial score (nSPS) is 16.0. The van der Waals surface area contributed by atoms with Crippen molar-refractivity contribution in [3.63, 3.8) is 0 Å². The van der Waals surface area contributed by atoms with Crippen molar-refractivity contribution in [1.82, 2.24) is 25.2 Å². The molecule has 1 N–H and O–H groups in total. The van der Waals surface area contributed by atoms with Gasteiger partial charge < -0.3 is 19.9 Å². The van der Waals surface area contributed by atoms with Gasteiger partial charge in [-0.2, -0.15) is 0 Å². The van der Waals surface area contributed by atoms with Crippen LogP contribution in [0.1, 0.15) is 38.7 Å². The Morgan fingerprint density at radius 2 is 2.17 bits per heavy atom. The Morgan fingerprint density at radius 3 is 2.86 bits per heavy atom. The van der Waals surface area contributed by atoms with Crippen LogP contribution < -0.4 is 10.2 Å². The van der Waals surface area contributed by atoms with Gasteiger partial charge in [0, 0.05) is 65.3 Å². The first-order chi connectivity index (χ1) is 14.0. The molecule has 0 radical (unpaired) electrons. The fraction of sp³-hybridized carbons (Fsp3) is 0.450. The van der Waals surface area contributed by atoms with Crippen LogP contribution in [0.4, 0.5) is 5.95 Å². The van der Waals surface area contributed by atoms with Gasteiger partial charge in [0.15, 0.2) is 0 Å². The van der Waals surface area contributed by atoms with E-state index in [9.17, 15) is 9.59 Å². The summed E-state index contributed by atoms with van der Waals surface area (Å²) < 4.78 is 4.99. The summed E-state index contributed by atoms with van der Waals surface area (Å²) in [6, 6.07) is 3.50. The molecule has 1 aliphatic rings. The summed E-state index contributed by atoms with van der Waals surface area (Å²) in [5, 5.41) is 2.83. The largest absolute Gasteiger partial charge is 0.383 e.